The van der Waals surface area contributed by atoms with Gasteiger partial charge in [-0.05, 0) is 29.6 Å². The Morgan fingerprint density at radius 1 is 1.04 bits per heavy atom. The molecule has 0 radical (unpaired) electrons. The fourth-order valence-corrected chi connectivity index (χ4v) is 4.30. The number of carbonyl (C=O) groups is 2. The smallest absolute Gasteiger partial charge is 0.267 e. The Morgan fingerprint density at radius 2 is 1.68 bits per heavy atom. The van der Waals surface area contributed by atoms with Gasteiger partial charge in [0.25, 0.3) is 11.8 Å². The van der Waals surface area contributed by atoms with Gasteiger partial charge >= 0.3 is 0 Å². The van der Waals surface area contributed by atoms with Crippen molar-refractivity contribution in [2.75, 3.05) is 13.1 Å². The average Bonchev–Trinajstić information content (AvgIpc) is 3.15. The average molecular weight is 381 g/mol. The Labute approximate surface area is 150 Å². The quantitative estimate of drug-likeness (QED) is 0.747. The summed E-state index contributed by atoms with van der Waals surface area (Å²) >= 11 is 1.37. The molecule has 1 aromatic heterocycles. The number of nitrogens with zero attached hydrogens (tertiary/aromatic N) is 1. The summed E-state index contributed by atoms with van der Waals surface area (Å²) in [7, 11) is -3.66. The zero-order valence-corrected chi connectivity index (χ0v) is 15.5. The number of rotatable bonds is 6. The molecule has 134 valence electrons. The second-order valence-electron chi connectivity index (χ2n) is 5.04. The van der Waals surface area contributed by atoms with Gasteiger partial charge < -0.3 is 0 Å². The first-order valence-electron chi connectivity index (χ1n) is 7.63. The lowest BCUT2D eigenvalue weighted by atomic mass is 10.2. The minimum atomic E-state index is -3.66. The normalized spacial score (nSPS) is 11.3. The van der Waals surface area contributed by atoms with E-state index in [1.165, 1.54) is 39.9 Å². The molecule has 0 aliphatic rings. The molecule has 0 fully saturated rings. The van der Waals surface area contributed by atoms with Gasteiger partial charge in [-0.3, -0.25) is 20.4 Å². The highest BCUT2D eigenvalue weighted by Crippen LogP contribution is 2.17. The van der Waals surface area contributed by atoms with E-state index in [4.69, 9.17) is 0 Å². The molecule has 0 aliphatic carbocycles. The van der Waals surface area contributed by atoms with Gasteiger partial charge in [0, 0.05) is 24.0 Å². The van der Waals surface area contributed by atoms with Gasteiger partial charge in [-0.1, -0.05) is 19.9 Å². The van der Waals surface area contributed by atoms with Crippen LogP contribution in [0.1, 0.15) is 34.6 Å². The van der Waals surface area contributed by atoms with E-state index in [2.05, 4.69) is 10.9 Å². The summed E-state index contributed by atoms with van der Waals surface area (Å²) in [5, 5.41) is 3.40. The van der Waals surface area contributed by atoms with Crippen LogP contribution in [0.25, 0.3) is 0 Å². The van der Waals surface area contributed by atoms with E-state index >= 15 is 0 Å². The van der Waals surface area contributed by atoms with Crippen molar-refractivity contribution in [2.45, 2.75) is 18.7 Å². The molecular formula is C16H19N3O4S2. The fourth-order valence-electron chi connectivity index (χ4n) is 2.16. The molecule has 0 saturated heterocycles. The molecule has 1 aromatic carbocycles. The van der Waals surface area contributed by atoms with Crippen LogP contribution in [0.5, 0.6) is 0 Å². The molecule has 0 aliphatic heterocycles. The number of hydrogen-bond acceptors (Lipinski definition) is 5. The molecule has 0 bridgehead atoms. The van der Waals surface area contributed by atoms with Gasteiger partial charge in [-0.25, -0.2) is 8.42 Å². The predicted molar refractivity (Wildman–Crippen MR) is 95.8 cm³/mol. The lowest BCUT2D eigenvalue weighted by molar-refractivity contribution is 0.0847. The van der Waals surface area contributed by atoms with Gasteiger partial charge in [-0.15, -0.1) is 0 Å². The van der Waals surface area contributed by atoms with Gasteiger partial charge in [0.2, 0.25) is 10.0 Å². The Hall–Kier alpha value is -2.23. The Bertz CT molecular complexity index is 844. The van der Waals surface area contributed by atoms with Crippen LogP contribution < -0.4 is 10.9 Å². The third-order valence-corrected chi connectivity index (χ3v) is 6.24. The minimum Gasteiger partial charge on any atom is -0.267 e. The molecule has 0 spiro atoms. The van der Waals surface area contributed by atoms with E-state index in [0.717, 1.165) is 0 Å². The topological polar surface area (TPSA) is 95.6 Å². The summed E-state index contributed by atoms with van der Waals surface area (Å²) in [5.74, 6) is -1.04. The number of thiophene rings is 1. The number of benzene rings is 1. The lowest BCUT2D eigenvalue weighted by Crippen LogP contribution is -2.41. The van der Waals surface area contributed by atoms with Crippen molar-refractivity contribution in [3.05, 3.63) is 52.2 Å². The first-order valence-corrected chi connectivity index (χ1v) is 10.0. The predicted octanol–water partition coefficient (Wildman–Crippen LogP) is 1.85. The number of nitrogens with one attached hydrogen (secondary N) is 2. The summed E-state index contributed by atoms with van der Waals surface area (Å²) < 4.78 is 26.3. The molecule has 0 unspecified atom stereocenters. The SMILES string of the molecule is CCN(CC)S(=O)(=O)c1cccc(C(=O)NNC(=O)c2ccsc2)c1. The van der Waals surface area contributed by atoms with Crippen LogP contribution in [0.4, 0.5) is 0 Å². The van der Waals surface area contributed by atoms with E-state index in [-0.39, 0.29) is 10.5 Å². The van der Waals surface area contributed by atoms with Crippen molar-refractivity contribution in [1.82, 2.24) is 15.2 Å². The van der Waals surface area contributed by atoms with Crippen LogP contribution in [0.3, 0.4) is 0 Å². The Balaban J connectivity index is 2.12. The second-order valence-corrected chi connectivity index (χ2v) is 7.76. The zero-order valence-electron chi connectivity index (χ0n) is 13.9. The van der Waals surface area contributed by atoms with Gasteiger partial charge in [-0.2, -0.15) is 15.6 Å². The summed E-state index contributed by atoms with van der Waals surface area (Å²) in [6, 6.07) is 7.33. The van der Waals surface area contributed by atoms with Crippen molar-refractivity contribution >= 4 is 33.2 Å². The number of carbonyl (C=O) groups excluding carboxylic acids is 2. The van der Waals surface area contributed by atoms with E-state index in [1.54, 1.807) is 30.7 Å². The van der Waals surface area contributed by atoms with Crippen LogP contribution in [-0.4, -0.2) is 37.6 Å². The van der Waals surface area contributed by atoms with Gasteiger partial charge in [0.05, 0.1) is 10.5 Å². The van der Waals surface area contributed by atoms with Crippen LogP contribution in [0, 0.1) is 0 Å². The highest BCUT2D eigenvalue weighted by Gasteiger charge is 2.22. The molecular weight excluding hydrogens is 362 g/mol. The summed E-state index contributed by atoms with van der Waals surface area (Å²) in [4.78, 5) is 24.0. The van der Waals surface area contributed by atoms with Gasteiger partial charge in [0.1, 0.15) is 0 Å². The third-order valence-electron chi connectivity index (χ3n) is 3.51. The summed E-state index contributed by atoms with van der Waals surface area (Å²) in [6.07, 6.45) is 0. The largest absolute Gasteiger partial charge is 0.270 e. The van der Waals surface area contributed by atoms with Crippen molar-refractivity contribution < 1.29 is 18.0 Å². The Morgan fingerprint density at radius 3 is 2.24 bits per heavy atom. The highest BCUT2D eigenvalue weighted by molar-refractivity contribution is 7.89. The fraction of sp³-hybridized carbons (Fsp3) is 0.250. The first-order chi connectivity index (χ1) is 11.9. The number of hydrogen-bond donors (Lipinski definition) is 2. The summed E-state index contributed by atoms with van der Waals surface area (Å²) in [6.45, 7) is 4.17. The number of hydrazine groups is 1. The van der Waals surface area contributed by atoms with Crippen molar-refractivity contribution in [3.8, 4) is 0 Å². The maximum atomic E-state index is 12.5. The molecule has 0 atom stereocenters. The van der Waals surface area contributed by atoms with Gasteiger partial charge in [0.15, 0.2) is 0 Å². The molecule has 2 N–H and O–H groups in total. The van der Waals surface area contributed by atoms with Crippen LogP contribution in [0.15, 0.2) is 46.0 Å². The maximum absolute atomic E-state index is 12.5. The monoisotopic (exact) mass is 381 g/mol. The lowest BCUT2D eigenvalue weighted by Gasteiger charge is -2.18. The van der Waals surface area contributed by atoms with Crippen molar-refractivity contribution in [1.29, 1.82) is 0 Å². The molecule has 7 nitrogen and oxygen atoms in total. The zero-order chi connectivity index (χ0) is 18.4. The van der Waals surface area contributed by atoms with E-state index < -0.39 is 21.8 Å². The molecule has 2 aromatic rings. The molecule has 9 heteroatoms. The van der Waals surface area contributed by atoms with Crippen LogP contribution in [0.2, 0.25) is 0 Å². The molecule has 1 heterocycles. The molecule has 25 heavy (non-hydrogen) atoms. The summed E-state index contributed by atoms with van der Waals surface area (Å²) in [5.41, 5.74) is 5.15. The maximum Gasteiger partial charge on any atom is 0.270 e. The molecule has 2 amide bonds. The number of amides is 2. The highest BCUT2D eigenvalue weighted by atomic mass is 32.2. The number of sulfonamides is 1. The Kier molecular flexibility index (Phi) is 6.29. The minimum absolute atomic E-state index is 0.0352. The first kappa shape index (κ1) is 19.1. The van der Waals surface area contributed by atoms with Crippen molar-refractivity contribution in [3.63, 3.8) is 0 Å². The third kappa shape index (κ3) is 4.44. The van der Waals surface area contributed by atoms with Crippen LogP contribution in [-0.2, 0) is 10.0 Å². The molecule has 0 saturated carbocycles. The molecule has 2 rings (SSSR count). The van der Waals surface area contributed by atoms with Crippen molar-refractivity contribution in [2.24, 2.45) is 0 Å². The van der Waals surface area contributed by atoms with E-state index in [0.29, 0.717) is 18.7 Å². The van der Waals surface area contributed by atoms with Crippen LogP contribution >= 0.6 is 11.3 Å². The standard InChI is InChI=1S/C16H19N3O4S2/c1-3-19(4-2)25(22,23)14-7-5-6-12(10-14)15(20)17-18-16(21)13-8-9-24-11-13/h5-11H,3-4H2,1-2H3,(H,17,20)(H,18,21). The second kappa shape index (κ2) is 8.24. The van der Waals surface area contributed by atoms with E-state index in [1.807, 2.05) is 0 Å². The van der Waals surface area contributed by atoms with E-state index in [9.17, 15) is 18.0 Å².